The lowest BCUT2D eigenvalue weighted by atomic mass is 9.33. The van der Waals surface area contributed by atoms with Gasteiger partial charge in [0.1, 0.15) is 11.6 Å². The van der Waals surface area contributed by atoms with Gasteiger partial charge in [0.15, 0.2) is 0 Å². The van der Waals surface area contributed by atoms with Crippen LogP contribution in [0.15, 0.2) is 11.6 Å². The van der Waals surface area contributed by atoms with E-state index in [4.69, 9.17) is 0 Å². The highest BCUT2D eigenvalue weighted by molar-refractivity contribution is 5.98. The quantitative estimate of drug-likeness (QED) is 0.649. The van der Waals surface area contributed by atoms with Crippen LogP contribution in [0.2, 0.25) is 0 Å². The van der Waals surface area contributed by atoms with E-state index in [1.165, 1.54) is 5.57 Å². The second kappa shape index (κ2) is 6.29. The number of fused-ring (bicyclic) bond motifs is 1. The molecule has 4 nitrogen and oxygen atoms in total. The van der Waals surface area contributed by atoms with Crippen LogP contribution < -0.4 is 5.11 Å². The minimum atomic E-state index is -0.907. The van der Waals surface area contributed by atoms with E-state index in [1.807, 2.05) is 6.92 Å². The van der Waals surface area contributed by atoms with Gasteiger partial charge in [0.25, 0.3) is 0 Å². The highest BCUT2D eigenvalue weighted by Gasteiger charge is 2.70. The molecule has 6 aliphatic rings. The Bertz CT molecular complexity index is 855. The van der Waals surface area contributed by atoms with Gasteiger partial charge in [-0.15, -0.1) is 0 Å². The van der Waals surface area contributed by atoms with E-state index in [0.717, 1.165) is 32.1 Å². The highest BCUT2D eigenvalue weighted by Crippen LogP contribution is 2.74. The number of carbonyl (C=O) groups is 3. The van der Waals surface area contributed by atoms with Crippen LogP contribution >= 0.6 is 0 Å². The predicted molar refractivity (Wildman–Crippen MR) is 111 cm³/mol. The summed E-state index contributed by atoms with van der Waals surface area (Å²) in [6, 6.07) is 0. The van der Waals surface area contributed by atoms with Crippen molar-refractivity contribution in [2.75, 3.05) is 0 Å². The SMILES string of the molecule is CC(C)C1=C[C@@]23CC[C@@H]4[C@](C)(CCC[C@@]4(C)C(=O)[O-])[C@H]2C[C@@H]1[C@H]1C(=O)CCC(=O)[C@H]13. The Balaban J connectivity index is 1.67. The molecule has 0 aromatic rings. The van der Waals surface area contributed by atoms with Gasteiger partial charge in [0.05, 0.1) is 0 Å². The molecule has 8 atom stereocenters. The van der Waals surface area contributed by atoms with E-state index in [1.54, 1.807) is 0 Å². The van der Waals surface area contributed by atoms with Gasteiger partial charge in [-0.1, -0.05) is 45.8 Å². The normalized spacial score (nSPS) is 49.9. The fraction of sp³-hybridized carbons (Fsp3) is 0.808. The maximum atomic E-state index is 13.3. The monoisotopic (exact) mass is 411 g/mol. The summed E-state index contributed by atoms with van der Waals surface area (Å²) in [6.07, 6.45) is 8.45. The van der Waals surface area contributed by atoms with E-state index in [0.29, 0.717) is 31.0 Å². The summed E-state index contributed by atoms with van der Waals surface area (Å²) in [5.41, 5.74) is 0.216. The van der Waals surface area contributed by atoms with E-state index in [-0.39, 0.29) is 46.2 Å². The summed E-state index contributed by atoms with van der Waals surface area (Å²) in [5, 5.41) is 12.2. The number of carboxylic acids is 1. The Kier molecular flexibility index (Phi) is 4.29. The molecule has 0 heterocycles. The smallest absolute Gasteiger partial charge is 0.138 e. The Morgan fingerprint density at radius 3 is 2.43 bits per heavy atom. The molecule has 1 spiro atoms. The third kappa shape index (κ3) is 2.31. The summed E-state index contributed by atoms with van der Waals surface area (Å²) in [7, 11) is 0. The van der Waals surface area contributed by atoms with Gasteiger partial charge < -0.3 is 9.90 Å². The zero-order valence-electron chi connectivity index (χ0n) is 18.8. The van der Waals surface area contributed by atoms with Crippen molar-refractivity contribution in [1.82, 2.24) is 0 Å². The van der Waals surface area contributed by atoms with Crippen molar-refractivity contribution < 1.29 is 19.5 Å². The molecule has 2 bridgehead atoms. The molecule has 6 aliphatic carbocycles. The van der Waals surface area contributed by atoms with Gasteiger partial charge in [0, 0.05) is 41.5 Å². The summed E-state index contributed by atoms with van der Waals surface area (Å²) in [5.74, 6) is 0.261. The Labute approximate surface area is 179 Å². The van der Waals surface area contributed by atoms with Gasteiger partial charge in [-0.2, -0.15) is 0 Å². The van der Waals surface area contributed by atoms with Crippen LogP contribution in [0, 0.1) is 51.8 Å². The van der Waals surface area contributed by atoms with Crippen molar-refractivity contribution in [3.63, 3.8) is 0 Å². The number of Topliss-reactive ketones (excluding diaryl/α,β-unsaturated/α-hetero) is 2. The molecule has 30 heavy (non-hydrogen) atoms. The van der Waals surface area contributed by atoms with Crippen LogP contribution in [0.4, 0.5) is 0 Å². The van der Waals surface area contributed by atoms with Crippen LogP contribution in [0.25, 0.3) is 0 Å². The lowest BCUT2D eigenvalue weighted by molar-refractivity contribution is -0.328. The number of aliphatic carboxylic acids is 1. The maximum absolute atomic E-state index is 13.3. The molecule has 0 N–H and O–H groups in total. The number of rotatable bonds is 2. The Morgan fingerprint density at radius 2 is 1.77 bits per heavy atom. The van der Waals surface area contributed by atoms with Crippen LogP contribution in [-0.2, 0) is 14.4 Å². The molecule has 0 radical (unpaired) electrons. The van der Waals surface area contributed by atoms with Crippen molar-refractivity contribution in [3.05, 3.63) is 11.6 Å². The van der Waals surface area contributed by atoms with Gasteiger partial charge in [0.2, 0.25) is 0 Å². The van der Waals surface area contributed by atoms with Crippen LogP contribution in [0.5, 0.6) is 0 Å². The molecule has 0 aliphatic heterocycles. The van der Waals surface area contributed by atoms with E-state index in [9.17, 15) is 19.5 Å². The molecule has 4 saturated carbocycles. The van der Waals surface area contributed by atoms with Crippen molar-refractivity contribution in [3.8, 4) is 0 Å². The largest absolute Gasteiger partial charge is 0.550 e. The van der Waals surface area contributed by atoms with Crippen molar-refractivity contribution in [1.29, 1.82) is 0 Å². The standard InChI is InChI=1S/C26H36O4/c1-14(2)16-13-26-11-8-19-24(3,9-5-10-25(19,4)23(29)30)20(26)12-15(16)21-17(27)6-7-18(28)22(21)26/h13-15,19-22H,5-12H2,1-4H3,(H,29,30)/p-1/t15-,19+,20+,21-,22+,24-,25+,26-/m0/s1. The molecule has 0 aromatic carbocycles. The van der Waals surface area contributed by atoms with E-state index < -0.39 is 11.4 Å². The predicted octanol–water partition coefficient (Wildman–Crippen LogP) is 3.73. The van der Waals surface area contributed by atoms with Crippen LogP contribution in [-0.4, -0.2) is 17.5 Å². The number of hydrogen-bond donors (Lipinski definition) is 0. The van der Waals surface area contributed by atoms with Gasteiger partial charge in [-0.25, -0.2) is 0 Å². The minimum absolute atomic E-state index is 0.0856. The molecule has 4 fully saturated rings. The topological polar surface area (TPSA) is 74.3 Å². The zero-order valence-corrected chi connectivity index (χ0v) is 18.8. The number of allylic oxidation sites excluding steroid dienone is 2. The van der Waals surface area contributed by atoms with Crippen LogP contribution in [0.1, 0.15) is 79.1 Å². The van der Waals surface area contributed by atoms with Crippen LogP contribution in [0.3, 0.4) is 0 Å². The molecule has 0 amide bonds. The average molecular weight is 412 g/mol. The molecule has 164 valence electrons. The van der Waals surface area contributed by atoms with Gasteiger partial charge in [-0.3, -0.25) is 9.59 Å². The van der Waals surface area contributed by atoms with Crippen molar-refractivity contribution >= 4 is 17.5 Å². The number of hydrogen-bond acceptors (Lipinski definition) is 4. The third-order valence-electron chi connectivity index (χ3n) is 10.5. The molecular formula is C26H35O4-. The van der Waals surface area contributed by atoms with E-state index >= 15 is 0 Å². The number of carboxylic acid groups (broad SMARTS) is 1. The Morgan fingerprint density at radius 1 is 1.07 bits per heavy atom. The first-order valence-electron chi connectivity index (χ1n) is 12.1. The molecule has 0 saturated heterocycles. The summed E-state index contributed by atoms with van der Waals surface area (Å²) < 4.78 is 0. The fourth-order valence-electron chi connectivity index (χ4n) is 9.33. The number of carbonyl (C=O) groups excluding carboxylic acids is 3. The summed E-state index contributed by atoms with van der Waals surface area (Å²) in [6.45, 7) is 8.63. The lowest BCUT2D eigenvalue weighted by Gasteiger charge is -2.70. The maximum Gasteiger partial charge on any atom is 0.138 e. The van der Waals surface area contributed by atoms with Gasteiger partial charge >= 0.3 is 0 Å². The Hall–Kier alpha value is -1.45. The second-order valence-corrected chi connectivity index (χ2v) is 11.9. The molecule has 4 heteroatoms. The summed E-state index contributed by atoms with van der Waals surface area (Å²) in [4.78, 5) is 38.6. The number of ketones is 2. The fourth-order valence-corrected chi connectivity index (χ4v) is 9.33. The van der Waals surface area contributed by atoms with Crippen molar-refractivity contribution in [2.45, 2.75) is 79.1 Å². The highest BCUT2D eigenvalue weighted by atomic mass is 16.4. The first-order valence-corrected chi connectivity index (χ1v) is 12.1. The zero-order chi connectivity index (χ0) is 21.6. The first-order chi connectivity index (χ1) is 14.1. The molecular weight excluding hydrogens is 376 g/mol. The lowest BCUT2D eigenvalue weighted by Crippen LogP contribution is -2.67. The van der Waals surface area contributed by atoms with Crippen molar-refractivity contribution in [2.24, 2.45) is 51.8 Å². The molecule has 0 aromatic heterocycles. The molecule has 0 unspecified atom stereocenters. The summed E-state index contributed by atoms with van der Waals surface area (Å²) >= 11 is 0. The first kappa shape index (κ1) is 20.5. The van der Waals surface area contributed by atoms with E-state index in [2.05, 4.69) is 26.8 Å². The second-order valence-electron chi connectivity index (χ2n) is 11.9. The average Bonchev–Trinajstić information content (AvgIpc) is 2.69. The minimum Gasteiger partial charge on any atom is -0.550 e. The third-order valence-corrected chi connectivity index (χ3v) is 10.5. The van der Waals surface area contributed by atoms with Gasteiger partial charge in [-0.05, 0) is 61.2 Å². The molecule has 6 rings (SSSR count).